The Kier molecular flexibility index (Phi) is 4.26. The van der Waals surface area contributed by atoms with Crippen LogP contribution < -0.4 is 5.32 Å². The zero-order valence-corrected chi connectivity index (χ0v) is 12.5. The van der Waals surface area contributed by atoms with Crippen molar-refractivity contribution in [2.24, 2.45) is 18.9 Å². The number of hydrogen-bond acceptors (Lipinski definition) is 2. The fourth-order valence-corrected chi connectivity index (χ4v) is 3.51. The molecule has 2 rings (SSSR count). The Labute approximate surface area is 112 Å². The maximum absolute atomic E-state index is 4.57. The molecule has 0 amide bonds. The summed E-state index contributed by atoms with van der Waals surface area (Å²) in [7, 11) is 4.11. The minimum Gasteiger partial charge on any atom is -0.319 e. The lowest BCUT2D eigenvalue weighted by Gasteiger charge is -2.36. The second kappa shape index (κ2) is 5.53. The summed E-state index contributed by atoms with van der Waals surface area (Å²) in [5.74, 6) is 1.69. The van der Waals surface area contributed by atoms with Crippen LogP contribution in [-0.2, 0) is 19.9 Å². The Bertz CT molecular complexity index is 386. The molecule has 2 unspecified atom stereocenters. The Morgan fingerprint density at radius 1 is 1.41 bits per heavy atom. The molecule has 1 aromatic rings. The van der Waals surface area contributed by atoms with E-state index in [9.17, 15) is 0 Å². The normalized spacial score (nSPS) is 23.8. The predicted molar refractivity (Wildman–Crippen MR) is 74.1 cm³/mol. The zero-order valence-electron chi connectivity index (χ0n) is 11.0. The van der Waals surface area contributed by atoms with Gasteiger partial charge in [0.05, 0.1) is 15.9 Å². The summed E-state index contributed by atoms with van der Waals surface area (Å²) in [4.78, 5) is 0. The fourth-order valence-electron chi connectivity index (χ4n) is 2.73. The van der Waals surface area contributed by atoms with Gasteiger partial charge < -0.3 is 5.32 Å². The van der Waals surface area contributed by atoms with Gasteiger partial charge in [0.1, 0.15) is 0 Å². The molecule has 1 fully saturated rings. The molecule has 0 aromatic carbocycles. The van der Waals surface area contributed by atoms with Crippen LogP contribution in [0.25, 0.3) is 0 Å². The van der Waals surface area contributed by atoms with Gasteiger partial charge in [0.25, 0.3) is 0 Å². The highest BCUT2D eigenvalue weighted by Gasteiger charge is 2.31. The van der Waals surface area contributed by atoms with Crippen molar-refractivity contribution in [3.63, 3.8) is 0 Å². The van der Waals surface area contributed by atoms with E-state index in [0.717, 1.165) is 31.2 Å². The molecule has 0 radical (unpaired) electrons. The second-order valence-electron chi connectivity index (χ2n) is 5.04. The van der Waals surface area contributed by atoms with Crippen LogP contribution in [0.4, 0.5) is 0 Å². The summed E-state index contributed by atoms with van der Waals surface area (Å²) in [6, 6.07) is 0. The number of hydrogen-bond donors (Lipinski definition) is 1. The summed E-state index contributed by atoms with van der Waals surface area (Å²) in [5, 5.41) is 7.86. The molecule has 96 valence electrons. The summed E-state index contributed by atoms with van der Waals surface area (Å²) >= 11 is 3.70. The van der Waals surface area contributed by atoms with Gasteiger partial charge in [0.2, 0.25) is 0 Å². The first kappa shape index (κ1) is 13.1. The minimum atomic E-state index is 0.832. The predicted octanol–water partition coefficient (Wildman–Crippen LogP) is 2.53. The third-order valence-electron chi connectivity index (χ3n) is 4.00. The fraction of sp³-hybridized carbons (Fsp3) is 0.769. The Hall–Kier alpha value is -0.350. The van der Waals surface area contributed by atoms with E-state index in [1.165, 1.54) is 28.7 Å². The van der Waals surface area contributed by atoms with Gasteiger partial charge in [-0.15, -0.1) is 0 Å². The molecule has 1 N–H and O–H groups in total. The standard InChI is InChI=1S/C13H22BrN3/c1-4-11-13(14)12(17(3)16-11)7-9-5-6-10(9)8-15-2/h9-10,15H,4-8H2,1-3H3. The molecular weight excluding hydrogens is 278 g/mol. The third kappa shape index (κ3) is 2.58. The van der Waals surface area contributed by atoms with Crippen LogP contribution in [0.15, 0.2) is 4.47 Å². The van der Waals surface area contributed by atoms with Crippen LogP contribution in [0, 0.1) is 11.8 Å². The average molecular weight is 300 g/mol. The van der Waals surface area contributed by atoms with E-state index in [1.54, 1.807) is 0 Å². The van der Waals surface area contributed by atoms with E-state index < -0.39 is 0 Å². The van der Waals surface area contributed by atoms with Gasteiger partial charge in [-0.25, -0.2) is 0 Å². The summed E-state index contributed by atoms with van der Waals surface area (Å²) in [6.07, 6.45) is 4.91. The topological polar surface area (TPSA) is 29.9 Å². The molecule has 0 saturated heterocycles. The van der Waals surface area contributed by atoms with Gasteiger partial charge in [-0.1, -0.05) is 6.92 Å². The molecule has 1 aliphatic carbocycles. The lowest BCUT2D eigenvalue weighted by Crippen LogP contribution is -2.35. The van der Waals surface area contributed by atoms with Crippen molar-refractivity contribution in [3.05, 3.63) is 15.9 Å². The van der Waals surface area contributed by atoms with Crippen molar-refractivity contribution in [1.29, 1.82) is 0 Å². The van der Waals surface area contributed by atoms with Crippen LogP contribution in [-0.4, -0.2) is 23.4 Å². The van der Waals surface area contributed by atoms with Crippen molar-refractivity contribution in [2.75, 3.05) is 13.6 Å². The van der Waals surface area contributed by atoms with Crippen molar-refractivity contribution >= 4 is 15.9 Å². The van der Waals surface area contributed by atoms with Gasteiger partial charge in [-0.3, -0.25) is 4.68 Å². The van der Waals surface area contributed by atoms with E-state index >= 15 is 0 Å². The van der Waals surface area contributed by atoms with Gasteiger partial charge >= 0.3 is 0 Å². The molecule has 1 heterocycles. The van der Waals surface area contributed by atoms with E-state index in [1.807, 2.05) is 7.05 Å². The molecule has 4 heteroatoms. The van der Waals surface area contributed by atoms with Crippen molar-refractivity contribution in [1.82, 2.24) is 15.1 Å². The number of halogens is 1. The summed E-state index contributed by atoms with van der Waals surface area (Å²) in [6.45, 7) is 3.31. The maximum atomic E-state index is 4.57. The van der Waals surface area contributed by atoms with E-state index in [-0.39, 0.29) is 0 Å². The zero-order chi connectivity index (χ0) is 12.4. The van der Waals surface area contributed by atoms with Gasteiger partial charge in [0.15, 0.2) is 0 Å². The highest BCUT2D eigenvalue weighted by Crippen LogP contribution is 2.38. The Morgan fingerprint density at radius 2 is 2.12 bits per heavy atom. The molecule has 1 saturated carbocycles. The highest BCUT2D eigenvalue weighted by atomic mass is 79.9. The largest absolute Gasteiger partial charge is 0.319 e. The molecule has 3 nitrogen and oxygen atoms in total. The molecular formula is C13H22BrN3. The molecule has 0 bridgehead atoms. The van der Waals surface area contributed by atoms with Crippen LogP contribution in [0.2, 0.25) is 0 Å². The van der Waals surface area contributed by atoms with Gasteiger partial charge in [0, 0.05) is 7.05 Å². The monoisotopic (exact) mass is 299 g/mol. The van der Waals surface area contributed by atoms with Gasteiger partial charge in [-0.2, -0.15) is 5.10 Å². The Morgan fingerprint density at radius 3 is 2.59 bits per heavy atom. The molecule has 2 atom stereocenters. The second-order valence-corrected chi connectivity index (χ2v) is 5.84. The number of aromatic nitrogens is 2. The molecule has 0 aliphatic heterocycles. The van der Waals surface area contributed by atoms with Crippen molar-refractivity contribution in [2.45, 2.75) is 32.6 Å². The number of nitrogens with one attached hydrogen (secondary N) is 1. The van der Waals surface area contributed by atoms with Crippen LogP contribution >= 0.6 is 15.9 Å². The minimum absolute atomic E-state index is 0.832. The summed E-state index contributed by atoms with van der Waals surface area (Å²) in [5.41, 5.74) is 2.56. The maximum Gasteiger partial charge on any atom is 0.0766 e. The number of rotatable bonds is 5. The smallest absolute Gasteiger partial charge is 0.0766 e. The quantitative estimate of drug-likeness (QED) is 0.905. The number of aryl methyl sites for hydroxylation is 2. The van der Waals surface area contributed by atoms with Gasteiger partial charge in [-0.05, 0) is 67.0 Å². The van der Waals surface area contributed by atoms with E-state index in [0.29, 0.717) is 0 Å². The number of nitrogens with zero attached hydrogens (tertiary/aromatic N) is 2. The van der Waals surface area contributed by atoms with Crippen molar-refractivity contribution in [3.8, 4) is 0 Å². The first-order valence-electron chi connectivity index (χ1n) is 6.52. The SMILES string of the molecule is CCc1nn(C)c(CC2CCC2CNC)c1Br. The lowest BCUT2D eigenvalue weighted by molar-refractivity contribution is 0.171. The lowest BCUT2D eigenvalue weighted by atomic mass is 9.71. The Balaban J connectivity index is 2.06. The average Bonchev–Trinajstić information content (AvgIpc) is 2.57. The molecule has 0 spiro atoms. The van der Waals surface area contributed by atoms with E-state index in [2.05, 4.69) is 45.0 Å². The third-order valence-corrected chi connectivity index (χ3v) is 4.92. The highest BCUT2D eigenvalue weighted by molar-refractivity contribution is 9.10. The first-order chi connectivity index (χ1) is 8.17. The molecule has 1 aromatic heterocycles. The van der Waals surface area contributed by atoms with Crippen LogP contribution in [0.1, 0.15) is 31.2 Å². The van der Waals surface area contributed by atoms with Crippen LogP contribution in [0.5, 0.6) is 0 Å². The molecule has 1 aliphatic rings. The van der Waals surface area contributed by atoms with Crippen molar-refractivity contribution < 1.29 is 0 Å². The van der Waals surface area contributed by atoms with E-state index in [4.69, 9.17) is 0 Å². The molecule has 17 heavy (non-hydrogen) atoms. The van der Waals surface area contributed by atoms with Crippen LogP contribution in [0.3, 0.4) is 0 Å². The first-order valence-corrected chi connectivity index (χ1v) is 7.31. The summed E-state index contributed by atoms with van der Waals surface area (Å²) < 4.78 is 3.29.